The summed E-state index contributed by atoms with van der Waals surface area (Å²) in [6, 6.07) is 2.67. The molecule has 0 saturated carbocycles. The topological polar surface area (TPSA) is 46.5 Å². The van der Waals surface area contributed by atoms with Gasteiger partial charge in [0.2, 0.25) is 0 Å². The van der Waals surface area contributed by atoms with Crippen molar-refractivity contribution in [3.8, 4) is 5.75 Å². The van der Waals surface area contributed by atoms with Gasteiger partial charge in [0.1, 0.15) is 11.6 Å². The third-order valence-corrected chi connectivity index (χ3v) is 2.54. The summed E-state index contributed by atoms with van der Waals surface area (Å²) in [5.74, 6) is -1.32. The molecule has 0 aliphatic carbocycles. The first-order valence-corrected chi connectivity index (χ1v) is 5.17. The van der Waals surface area contributed by atoms with E-state index in [-0.39, 0.29) is 28.8 Å². The Bertz CT molecular complexity index is 379. The van der Waals surface area contributed by atoms with E-state index in [1.165, 1.54) is 12.1 Å². The highest BCUT2D eigenvalue weighted by molar-refractivity contribution is 9.10. The summed E-state index contributed by atoms with van der Waals surface area (Å²) in [5, 5.41) is 9.16. The van der Waals surface area contributed by atoms with Crippen LogP contribution in [0.3, 0.4) is 0 Å². The van der Waals surface area contributed by atoms with Crippen LogP contribution in [0.1, 0.15) is 12.5 Å². The molecule has 0 saturated heterocycles. The molecule has 0 amide bonds. The summed E-state index contributed by atoms with van der Waals surface area (Å²) < 4.78 is 18.1. The number of carbonyl (C=O) groups is 1. The van der Waals surface area contributed by atoms with Crippen LogP contribution >= 0.6 is 15.9 Å². The van der Waals surface area contributed by atoms with Gasteiger partial charge in [-0.15, -0.1) is 0 Å². The normalized spacial score (nSPS) is 10.1. The molecule has 0 radical (unpaired) electrons. The van der Waals surface area contributed by atoms with Gasteiger partial charge in [-0.1, -0.05) is 6.07 Å². The first-order chi connectivity index (χ1) is 7.06. The Morgan fingerprint density at radius 2 is 2.27 bits per heavy atom. The molecule has 1 N–H and O–H groups in total. The Hall–Kier alpha value is -1.10. The number of benzene rings is 1. The summed E-state index contributed by atoms with van der Waals surface area (Å²) >= 11 is 2.88. The van der Waals surface area contributed by atoms with E-state index in [4.69, 9.17) is 5.11 Å². The van der Waals surface area contributed by atoms with E-state index in [9.17, 15) is 9.18 Å². The zero-order chi connectivity index (χ0) is 11.4. The van der Waals surface area contributed by atoms with E-state index in [1.807, 2.05) is 0 Å². The predicted molar refractivity (Wildman–Crippen MR) is 56.1 cm³/mol. The van der Waals surface area contributed by atoms with Gasteiger partial charge >= 0.3 is 5.97 Å². The minimum Gasteiger partial charge on any atom is -0.507 e. The van der Waals surface area contributed by atoms with Crippen LogP contribution in [0.2, 0.25) is 0 Å². The number of rotatable bonds is 3. The summed E-state index contributed by atoms with van der Waals surface area (Å²) in [6.45, 7) is 1.95. The van der Waals surface area contributed by atoms with Crippen molar-refractivity contribution in [1.29, 1.82) is 0 Å². The van der Waals surface area contributed by atoms with Gasteiger partial charge in [0.05, 0.1) is 17.5 Å². The highest BCUT2D eigenvalue weighted by Crippen LogP contribution is 2.28. The van der Waals surface area contributed by atoms with Gasteiger partial charge in [0, 0.05) is 5.56 Å². The maximum Gasteiger partial charge on any atom is 0.310 e. The molecule has 1 aromatic carbocycles. The molecule has 1 aromatic rings. The fourth-order valence-electron chi connectivity index (χ4n) is 1.08. The van der Waals surface area contributed by atoms with E-state index < -0.39 is 11.8 Å². The van der Waals surface area contributed by atoms with E-state index in [2.05, 4.69) is 20.7 Å². The number of phenolic OH excluding ortho intramolecular Hbond substituents is 1. The van der Waals surface area contributed by atoms with Crippen LogP contribution in [-0.4, -0.2) is 17.7 Å². The maximum atomic E-state index is 13.4. The molecule has 0 bridgehead atoms. The Kier molecular flexibility index (Phi) is 4.08. The fourth-order valence-corrected chi connectivity index (χ4v) is 1.47. The van der Waals surface area contributed by atoms with Gasteiger partial charge < -0.3 is 9.84 Å². The number of aromatic hydroxyl groups is 1. The third kappa shape index (κ3) is 2.92. The fraction of sp³-hybridized carbons (Fsp3) is 0.300. The second-order valence-corrected chi connectivity index (χ2v) is 3.65. The van der Waals surface area contributed by atoms with Crippen molar-refractivity contribution in [3.05, 3.63) is 28.0 Å². The average molecular weight is 277 g/mol. The molecule has 82 valence electrons. The van der Waals surface area contributed by atoms with E-state index in [1.54, 1.807) is 6.92 Å². The molecule has 3 nitrogen and oxygen atoms in total. The summed E-state index contributed by atoms with van der Waals surface area (Å²) in [7, 11) is 0. The highest BCUT2D eigenvalue weighted by Gasteiger charge is 2.13. The van der Waals surface area contributed by atoms with Gasteiger partial charge in [-0.05, 0) is 28.9 Å². The molecule has 0 spiro atoms. The number of hydrogen-bond acceptors (Lipinski definition) is 3. The van der Waals surface area contributed by atoms with E-state index >= 15 is 0 Å². The largest absolute Gasteiger partial charge is 0.507 e. The molecule has 1 rings (SSSR count). The number of phenols is 1. The van der Waals surface area contributed by atoms with Gasteiger partial charge in [0.25, 0.3) is 0 Å². The lowest BCUT2D eigenvalue weighted by molar-refractivity contribution is -0.142. The highest BCUT2D eigenvalue weighted by atomic mass is 79.9. The Morgan fingerprint density at radius 3 is 2.87 bits per heavy atom. The van der Waals surface area contributed by atoms with Crippen LogP contribution in [0, 0.1) is 5.82 Å². The van der Waals surface area contributed by atoms with Gasteiger partial charge in [0.15, 0.2) is 0 Å². The number of esters is 1. The molecule has 0 aliphatic rings. The van der Waals surface area contributed by atoms with Gasteiger partial charge in [-0.3, -0.25) is 4.79 Å². The number of halogens is 2. The molecule has 0 fully saturated rings. The van der Waals surface area contributed by atoms with Crippen LogP contribution in [0.25, 0.3) is 0 Å². The second kappa shape index (κ2) is 5.11. The van der Waals surface area contributed by atoms with Crippen molar-refractivity contribution in [2.75, 3.05) is 6.61 Å². The predicted octanol–water partition coefficient (Wildman–Crippen LogP) is 2.40. The second-order valence-electron chi connectivity index (χ2n) is 2.85. The molecular weight excluding hydrogens is 267 g/mol. The molecule has 0 aliphatic heterocycles. The van der Waals surface area contributed by atoms with Crippen molar-refractivity contribution in [3.63, 3.8) is 0 Å². The number of hydrogen-bond donors (Lipinski definition) is 1. The molecule has 0 heterocycles. The van der Waals surface area contributed by atoms with Crippen molar-refractivity contribution in [1.82, 2.24) is 0 Å². The first-order valence-electron chi connectivity index (χ1n) is 4.37. The first kappa shape index (κ1) is 12.0. The van der Waals surface area contributed by atoms with Crippen LogP contribution in [-0.2, 0) is 16.0 Å². The van der Waals surface area contributed by atoms with Crippen LogP contribution < -0.4 is 0 Å². The standard InChI is InChI=1S/C10H10BrFO3/c1-2-15-8(14)5-6-3-4-7(13)9(11)10(6)12/h3-4,13H,2,5H2,1H3. The van der Waals surface area contributed by atoms with E-state index in [0.717, 1.165) is 0 Å². The third-order valence-electron chi connectivity index (χ3n) is 1.78. The molecule has 0 unspecified atom stereocenters. The minimum absolute atomic E-state index is 0.0377. The quantitative estimate of drug-likeness (QED) is 0.863. The summed E-state index contributed by atoms with van der Waals surface area (Å²) in [6.07, 6.45) is -0.140. The molecule has 0 aromatic heterocycles. The lowest BCUT2D eigenvalue weighted by Crippen LogP contribution is -2.08. The van der Waals surface area contributed by atoms with Crippen molar-refractivity contribution in [2.24, 2.45) is 0 Å². The Labute approximate surface area is 95.0 Å². The lowest BCUT2D eigenvalue weighted by atomic mass is 10.1. The van der Waals surface area contributed by atoms with Crippen molar-refractivity contribution in [2.45, 2.75) is 13.3 Å². The number of ether oxygens (including phenoxy) is 1. The monoisotopic (exact) mass is 276 g/mol. The van der Waals surface area contributed by atoms with Crippen LogP contribution in [0.4, 0.5) is 4.39 Å². The Morgan fingerprint density at radius 1 is 1.60 bits per heavy atom. The summed E-state index contributed by atoms with van der Waals surface area (Å²) in [4.78, 5) is 11.1. The van der Waals surface area contributed by atoms with Gasteiger partial charge in [-0.2, -0.15) is 0 Å². The Balaban J connectivity index is 2.87. The SMILES string of the molecule is CCOC(=O)Cc1ccc(O)c(Br)c1F. The molecule has 5 heteroatoms. The summed E-state index contributed by atoms with van der Waals surface area (Å²) in [5.41, 5.74) is 0.193. The molecular formula is C10H10BrFO3. The molecule has 0 atom stereocenters. The minimum atomic E-state index is -0.636. The number of carbonyl (C=O) groups excluding carboxylic acids is 1. The average Bonchev–Trinajstić information content (AvgIpc) is 2.20. The maximum absolute atomic E-state index is 13.4. The zero-order valence-electron chi connectivity index (χ0n) is 8.09. The van der Waals surface area contributed by atoms with Crippen molar-refractivity contribution < 1.29 is 19.0 Å². The lowest BCUT2D eigenvalue weighted by Gasteiger charge is -2.05. The van der Waals surface area contributed by atoms with Crippen molar-refractivity contribution >= 4 is 21.9 Å². The smallest absolute Gasteiger partial charge is 0.310 e. The van der Waals surface area contributed by atoms with Gasteiger partial charge in [-0.25, -0.2) is 4.39 Å². The van der Waals surface area contributed by atoms with E-state index in [0.29, 0.717) is 0 Å². The molecule has 15 heavy (non-hydrogen) atoms. The van der Waals surface area contributed by atoms with Crippen LogP contribution in [0.15, 0.2) is 16.6 Å². The van der Waals surface area contributed by atoms with Crippen LogP contribution in [0.5, 0.6) is 5.75 Å². The zero-order valence-corrected chi connectivity index (χ0v) is 9.67.